The van der Waals surface area contributed by atoms with E-state index < -0.39 is 17.4 Å². The molecule has 0 N–H and O–H groups in total. The lowest BCUT2D eigenvalue weighted by Crippen LogP contribution is -2.44. The molecule has 2 fully saturated rings. The van der Waals surface area contributed by atoms with Crippen molar-refractivity contribution < 1.29 is 19.1 Å². The molecule has 3 aliphatic heterocycles. The van der Waals surface area contributed by atoms with Crippen molar-refractivity contribution in [1.29, 1.82) is 0 Å². The van der Waals surface area contributed by atoms with E-state index >= 15 is 0 Å². The number of carbonyl (C=O) groups is 2. The minimum Gasteiger partial charge on any atom is -0.383 e. The van der Waals surface area contributed by atoms with Crippen LogP contribution < -0.4 is 0 Å². The number of hydrogen-bond donors (Lipinski definition) is 0. The number of likely N-dealkylation sites (tertiary alicyclic amines) is 1. The van der Waals surface area contributed by atoms with E-state index in [0.717, 1.165) is 11.3 Å². The maximum absolute atomic E-state index is 13.3. The van der Waals surface area contributed by atoms with Gasteiger partial charge >= 0.3 is 0 Å². The number of amides is 2. The van der Waals surface area contributed by atoms with E-state index in [0.29, 0.717) is 26.2 Å². The summed E-state index contributed by atoms with van der Waals surface area (Å²) in [7, 11) is 5.27. The molecule has 2 amide bonds. The Kier molecular flexibility index (Phi) is 4.35. The summed E-state index contributed by atoms with van der Waals surface area (Å²) >= 11 is 0. The molecule has 1 spiro atoms. The van der Waals surface area contributed by atoms with Gasteiger partial charge in [-0.05, 0) is 6.92 Å². The Hall–Kier alpha value is -2.19. The van der Waals surface area contributed by atoms with Gasteiger partial charge in [0.25, 0.3) is 0 Å². The van der Waals surface area contributed by atoms with E-state index in [-0.39, 0.29) is 17.9 Å². The Labute approximate surface area is 158 Å². The van der Waals surface area contributed by atoms with E-state index in [2.05, 4.69) is 5.10 Å². The van der Waals surface area contributed by atoms with Crippen molar-refractivity contribution in [2.45, 2.75) is 25.2 Å². The molecule has 0 aromatic carbocycles. The molecule has 8 heteroatoms. The molecule has 0 radical (unpaired) electrons. The van der Waals surface area contributed by atoms with Crippen LogP contribution in [-0.2, 0) is 32.7 Å². The molecular weight excluding hydrogens is 348 g/mol. The summed E-state index contributed by atoms with van der Waals surface area (Å²) in [6, 6.07) is 0. The van der Waals surface area contributed by atoms with Gasteiger partial charge in [0, 0.05) is 45.6 Å². The molecule has 3 aliphatic rings. The van der Waals surface area contributed by atoms with E-state index in [1.807, 2.05) is 26.1 Å². The average Bonchev–Trinajstić information content (AvgIpc) is 3.36. The quantitative estimate of drug-likeness (QED) is 0.661. The topological polar surface area (TPSA) is 76.9 Å². The van der Waals surface area contributed by atoms with E-state index in [9.17, 15) is 9.59 Å². The Bertz CT molecular complexity index is 804. The van der Waals surface area contributed by atoms with Gasteiger partial charge in [-0.25, -0.2) is 0 Å². The molecule has 8 nitrogen and oxygen atoms in total. The standard InChI is InChI=1S/C19H26N4O4/c1-12-13(9-20-22(12)3)10-21(2)17(24)15-14-5-6-19(27-14)11-23(7-8-26-4)18(25)16(15)19/h5-6,9,14-16H,7-8,10-11H2,1-4H3/t14-,15?,16?,19-/m1/s1. The van der Waals surface area contributed by atoms with Gasteiger partial charge < -0.3 is 19.3 Å². The van der Waals surface area contributed by atoms with Crippen molar-refractivity contribution in [3.63, 3.8) is 0 Å². The highest BCUT2D eigenvalue weighted by molar-refractivity contribution is 5.93. The van der Waals surface area contributed by atoms with Crippen LogP contribution in [0.25, 0.3) is 0 Å². The van der Waals surface area contributed by atoms with Gasteiger partial charge in [-0.3, -0.25) is 14.3 Å². The second-order valence-corrected chi connectivity index (χ2v) is 7.73. The molecule has 4 rings (SSSR count). The Morgan fingerprint density at radius 2 is 2.30 bits per heavy atom. The second kappa shape index (κ2) is 6.45. The number of methoxy groups -OCH3 is 1. The predicted octanol–water partition coefficient (Wildman–Crippen LogP) is 0.115. The zero-order valence-electron chi connectivity index (χ0n) is 16.2. The molecule has 1 aromatic rings. The van der Waals surface area contributed by atoms with Crippen LogP contribution in [-0.4, -0.2) is 77.0 Å². The van der Waals surface area contributed by atoms with Crippen LogP contribution in [0.2, 0.25) is 0 Å². The summed E-state index contributed by atoms with van der Waals surface area (Å²) in [4.78, 5) is 29.7. The first-order valence-electron chi connectivity index (χ1n) is 9.25. The molecule has 27 heavy (non-hydrogen) atoms. The molecule has 0 aliphatic carbocycles. The van der Waals surface area contributed by atoms with Crippen molar-refractivity contribution in [2.75, 3.05) is 33.9 Å². The van der Waals surface area contributed by atoms with E-state index in [1.165, 1.54) is 0 Å². The van der Waals surface area contributed by atoms with Crippen LogP contribution in [0.1, 0.15) is 11.3 Å². The van der Waals surface area contributed by atoms with Gasteiger partial charge in [0.05, 0.1) is 37.3 Å². The summed E-state index contributed by atoms with van der Waals surface area (Å²) in [5.41, 5.74) is 1.36. The highest BCUT2D eigenvalue weighted by Gasteiger charge is 2.66. The molecule has 1 aromatic heterocycles. The maximum atomic E-state index is 13.3. The third-order valence-electron chi connectivity index (χ3n) is 6.15. The monoisotopic (exact) mass is 374 g/mol. The average molecular weight is 374 g/mol. The number of nitrogens with zero attached hydrogens (tertiary/aromatic N) is 4. The van der Waals surface area contributed by atoms with Gasteiger partial charge in [-0.15, -0.1) is 0 Å². The normalized spacial score (nSPS) is 31.0. The van der Waals surface area contributed by atoms with Crippen LogP contribution >= 0.6 is 0 Å². The third-order valence-corrected chi connectivity index (χ3v) is 6.15. The SMILES string of the molecule is COCCN1C[C@@]23C=C[C@@H](O2)C(C(=O)N(C)Cc2cnn(C)c2C)C3C1=O. The molecule has 0 saturated carbocycles. The first-order chi connectivity index (χ1) is 12.9. The van der Waals surface area contributed by atoms with Crippen molar-refractivity contribution in [3.8, 4) is 0 Å². The fourth-order valence-corrected chi connectivity index (χ4v) is 4.54. The van der Waals surface area contributed by atoms with Crippen LogP contribution in [0.4, 0.5) is 0 Å². The first kappa shape index (κ1) is 18.2. The van der Waals surface area contributed by atoms with Gasteiger partial charge in [0.2, 0.25) is 11.8 Å². The maximum Gasteiger partial charge on any atom is 0.230 e. The van der Waals surface area contributed by atoms with Crippen LogP contribution in [0.3, 0.4) is 0 Å². The summed E-state index contributed by atoms with van der Waals surface area (Å²) < 4.78 is 13.0. The van der Waals surface area contributed by atoms with Crippen LogP contribution in [0, 0.1) is 18.8 Å². The molecule has 4 heterocycles. The largest absolute Gasteiger partial charge is 0.383 e. The predicted molar refractivity (Wildman–Crippen MR) is 96.6 cm³/mol. The van der Waals surface area contributed by atoms with Gasteiger partial charge in [0.15, 0.2) is 0 Å². The lowest BCUT2D eigenvalue weighted by Gasteiger charge is -2.27. The Morgan fingerprint density at radius 1 is 1.52 bits per heavy atom. The molecule has 4 atom stereocenters. The number of aromatic nitrogens is 2. The Morgan fingerprint density at radius 3 is 2.96 bits per heavy atom. The fraction of sp³-hybridized carbons (Fsp3) is 0.632. The lowest BCUT2D eigenvalue weighted by atomic mass is 9.76. The molecule has 2 unspecified atom stereocenters. The number of carbonyl (C=O) groups excluding carboxylic acids is 2. The summed E-state index contributed by atoms with van der Waals surface area (Å²) in [5.74, 6) is -0.990. The molecule has 2 saturated heterocycles. The van der Waals surface area contributed by atoms with Crippen LogP contribution in [0.15, 0.2) is 18.3 Å². The van der Waals surface area contributed by atoms with Gasteiger partial charge in [0.1, 0.15) is 5.60 Å². The highest BCUT2D eigenvalue weighted by Crippen LogP contribution is 2.52. The minimum absolute atomic E-state index is 0.0109. The minimum atomic E-state index is -0.666. The molecular formula is C19H26N4O4. The van der Waals surface area contributed by atoms with E-state index in [4.69, 9.17) is 9.47 Å². The van der Waals surface area contributed by atoms with Crippen molar-refractivity contribution >= 4 is 11.8 Å². The van der Waals surface area contributed by atoms with Crippen molar-refractivity contribution in [1.82, 2.24) is 19.6 Å². The van der Waals surface area contributed by atoms with Crippen molar-refractivity contribution in [2.24, 2.45) is 18.9 Å². The lowest BCUT2D eigenvalue weighted by molar-refractivity contribution is -0.142. The number of hydrogen-bond acceptors (Lipinski definition) is 5. The summed E-state index contributed by atoms with van der Waals surface area (Å²) in [6.07, 6.45) is 5.37. The fourth-order valence-electron chi connectivity index (χ4n) is 4.54. The van der Waals surface area contributed by atoms with Crippen LogP contribution in [0.5, 0.6) is 0 Å². The Balaban J connectivity index is 1.53. The first-order valence-corrected chi connectivity index (χ1v) is 9.25. The van der Waals surface area contributed by atoms with Gasteiger partial charge in [-0.1, -0.05) is 12.2 Å². The molecule has 146 valence electrons. The van der Waals surface area contributed by atoms with E-state index in [1.54, 1.807) is 34.8 Å². The van der Waals surface area contributed by atoms with Crippen molar-refractivity contribution in [3.05, 3.63) is 29.6 Å². The number of aryl methyl sites for hydroxylation is 1. The van der Waals surface area contributed by atoms with Gasteiger partial charge in [-0.2, -0.15) is 5.10 Å². The second-order valence-electron chi connectivity index (χ2n) is 7.73. The molecule has 2 bridgehead atoms. The summed E-state index contributed by atoms with van der Waals surface area (Å²) in [5, 5.41) is 4.24. The highest BCUT2D eigenvalue weighted by atomic mass is 16.5. The number of rotatable bonds is 6. The third kappa shape index (κ3) is 2.70. The zero-order valence-corrected chi connectivity index (χ0v) is 16.2. The number of ether oxygens (including phenoxy) is 2. The zero-order chi connectivity index (χ0) is 19.3. The smallest absolute Gasteiger partial charge is 0.230 e. The number of fused-ring (bicyclic) bond motifs is 1. The summed E-state index contributed by atoms with van der Waals surface area (Å²) in [6.45, 7) is 3.92.